The highest BCUT2D eigenvalue weighted by Crippen LogP contribution is 2.20. The maximum atomic E-state index is 11.9. The lowest BCUT2D eigenvalue weighted by Crippen LogP contribution is -2.34. The molecule has 0 bridgehead atoms. The highest BCUT2D eigenvalue weighted by atomic mass is 35.5. The van der Waals surface area contributed by atoms with E-state index in [0.29, 0.717) is 23.1 Å². The third kappa shape index (κ3) is 5.71. The molecule has 2 aromatic carbocycles. The standard InChI is InChI=1S/C18H21ClN2O2.ClH/c1-12(13(2)20)18(22)21-15-7-9-16(10-8-15)23-11-14-5-3-4-6-17(14)19;/h3-10,12-13H,11,20H2,1-2H3,(H,21,22);1H. The van der Waals surface area contributed by atoms with Crippen molar-refractivity contribution in [2.24, 2.45) is 11.7 Å². The van der Waals surface area contributed by atoms with E-state index in [-0.39, 0.29) is 30.3 Å². The van der Waals surface area contributed by atoms with Gasteiger partial charge in [0.05, 0.1) is 5.92 Å². The van der Waals surface area contributed by atoms with Gasteiger partial charge in [-0.2, -0.15) is 0 Å². The second-order valence-electron chi connectivity index (χ2n) is 5.54. The highest BCUT2D eigenvalue weighted by Gasteiger charge is 2.16. The zero-order valence-electron chi connectivity index (χ0n) is 13.7. The van der Waals surface area contributed by atoms with E-state index < -0.39 is 0 Å². The molecule has 0 aromatic heterocycles. The zero-order valence-corrected chi connectivity index (χ0v) is 15.2. The van der Waals surface area contributed by atoms with Crippen molar-refractivity contribution in [1.29, 1.82) is 0 Å². The van der Waals surface area contributed by atoms with Crippen molar-refractivity contribution >= 4 is 35.6 Å². The molecule has 0 aliphatic rings. The van der Waals surface area contributed by atoms with Gasteiger partial charge < -0.3 is 15.8 Å². The van der Waals surface area contributed by atoms with Gasteiger partial charge in [0.1, 0.15) is 12.4 Å². The summed E-state index contributed by atoms with van der Waals surface area (Å²) in [6.07, 6.45) is 0. The number of rotatable bonds is 6. The molecule has 4 nitrogen and oxygen atoms in total. The number of hydrogen-bond donors (Lipinski definition) is 2. The van der Waals surface area contributed by atoms with Crippen LogP contribution >= 0.6 is 24.0 Å². The molecule has 0 fully saturated rings. The van der Waals surface area contributed by atoms with Gasteiger partial charge in [0.15, 0.2) is 0 Å². The van der Waals surface area contributed by atoms with Gasteiger partial charge in [-0.25, -0.2) is 0 Å². The average molecular weight is 369 g/mol. The lowest BCUT2D eigenvalue weighted by Gasteiger charge is -2.15. The van der Waals surface area contributed by atoms with E-state index in [1.807, 2.05) is 43.3 Å². The Morgan fingerprint density at radius 2 is 1.79 bits per heavy atom. The Labute approximate surface area is 153 Å². The third-order valence-electron chi connectivity index (χ3n) is 3.68. The molecular formula is C18H22Cl2N2O2. The van der Waals surface area contributed by atoms with Crippen LogP contribution in [-0.2, 0) is 11.4 Å². The molecule has 0 radical (unpaired) electrons. The molecule has 6 heteroatoms. The van der Waals surface area contributed by atoms with E-state index >= 15 is 0 Å². The first-order valence-corrected chi connectivity index (χ1v) is 7.88. The zero-order chi connectivity index (χ0) is 16.8. The Balaban J connectivity index is 0.00000288. The molecular weight excluding hydrogens is 347 g/mol. The van der Waals surface area contributed by atoms with Crippen molar-refractivity contribution in [3.8, 4) is 5.75 Å². The number of carbonyl (C=O) groups is 1. The first-order chi connectivity index (χ1) is 11.0. The number of halogens is 2. The second kappa shape index (κ2) is 9.52. The smallest absolute Gasteiger partial charge is 0.228 e. The van der Waals surface area contributed by atoms with Crippen molar-refractivity contribution in [2.45, 2.75) is 26.5 Å². The minimum absolute atomic E-state index is 0. The number of nitrogens with two attached hydrogens (primary N) is 1. The predicted molar refractivity (Wildman–Crippen MR) is 101 cm³/mol. The number of nitrogens with one attached hydrogen (secondary N) is 1. The second-order valence-corrected chi connectivity index (χ2v) is 5.95. The van der Waals surface area contributed by atoms with E-state index in [9.17, 15) is 4.79 Å². The molecule has 0 aliphatic heterocycles. The van der Waals surface area contributed by atoms with E-state index in [1.165, 1.54) is 0 Å². The van der Waals surface area contributed by atoms with Crippen LogP contribution in [0.4, 0.5) is 5.69 Å². The first-order valence-electron chi connectivity index (χ1n) is 7.50. The summed E-state index contributed by atoms with van der Waals surface area (Å²) in [4.78, 5) is 11.9. The Hall–Kier alpha value is -1.75. The molecule has 0 spiro atoms. The fraction of sp³-hybridized carbons (Fsp3) is 0.278. The molecule has 2 atom stereocenters. The van der Waals surface area contributed by atoms with Crippen molar-refractivity contribution < 1.29 is 9.53 Å². The SMILES string of the molecule is CC(N)C(C)C(=O)Nc1ccc(OCc2ccccc2Cl)cc1.Cl. The van der Waals surface area contributed by atoms with Gasteiger partial charge >= 0.3 is 0 Å². The summed E-state index contributed by atoms with van der Waals surface area (Å²) in [5.74, 6) is 0.374. The number of hydrogen-bond acceptors (Lipinski definition) is 3. The van der Waals surface area contributed by atoms with Gasteiger partial charge in [0.2, 0.25) is 5.91 Å². The minimum atomic E-state index is -0.244. The molecule has 0 saturated carbocycles. The van der Waals surface area contributed by atoms with Crippen LogP contribution < -0.4 is 15.8 Å². The van der Waals surface area contributed by atoms with Crippen molar-refractivity contribution in [2.75, 3.05) is 5.32 Å². The van der Waals surface area contributed by atoms with Gasteiger partial charge in [-0.05, 0) is 37.3 Å². The van der Waals surface area contributed by atoms with Crippen LogP contribution in [0.25, 0.3) is 0 Å². The summed E-state index contributed by atoms with van der Waals surface area (Å²) in [5, 5.41) is 3.52. The highest BCUT2D eigenvalue weighted by molar-refractivity contribution is 6.31. The van der Waals surface area contributed by atoms with Gasteiger partial charge in [0.25, 0.3) is 0 Å². The minimum Gasteiger partial charge on any atom is -0.489 e. The van der Waals surface area contributed by atoms with Crippen LogP contribution in [-0.4, -0.2) is 11.9 Å². The molecule has 0 heterocycles. The number of amides is 1. The Morgan fingerprint density at radius 3 is 2.38 bits per heavy atom. The molecule has 130 valence electrons. The van der Waals surface area contributed by atoms with Crippen LogP contribution in [0.15, 0.2) is 48.5 Å². The lowest BCUT2D eigenvalue weighted by molar-refractivity contribution is -0.119. The quantitative estimate of drug-likeness (QED) is 0.800. The third-order valence-corrected chi connectivity index (χ3v) is 4.04. The molecule has 2 rings (SSSR count). The van der Waals surface area contributed by atoms with Gasteiger partial charge in [-0.1, -0.05) is 36.7 Å². The fourth-order valence-corrected chi connectivity index (χ4v) is 2.10. The summed E-state index contributed by atoms with van der Waals surface area (Å²) in [5.41, 5.74) is 7.37. The molecule has 0 aliphatic carbocycles. The number of anilines is 1. The summed E-state index contributed by atoms with van der Waals surface area (Å²) in [7, 11) is 0. The first kappa shape index (κ1) is 20.3. The number of carbonyl (C=O) groups excluding carboxylic acids is 1. The van der Waals surface area contributed by atoms with Crippen molar-refractivity contribution in [3.05, 3.63) is 59.1 Å². The summed E-state index contributed by atoms with van der Waals surface area (Å²) in [6, 6.07) is 14.6. The predicted octanol–water partition coefficient (Wildman–Crippen LogP) is 4.26. The van der Waals surface area contributed by atoms with Crippen LogP contribution in [0.5, 0.6) is 5.75 Å². The largest absolute Gasteiger partial charge is 0.489 e. The maximum Gasteiger partial charge on any atom is 0.228 e. The van der Waals surface area contributed by atoms with Gasteiger partial charge in [0, 0.05) is 22.3 Å². The Bertz CT molecular complexity index is 660. The molecule has 1 amide bonds. The van der Waals surface area contributed by atoms with E-state index in [1.54, 1.807) is 19.1 Å². The topological polar surface area (TPSA) is 64.4 Å². The van der Waals surface area contributed by atoms with Crippen LogP contribution in [0.3, 0.4) is 0 Å². The van der Waals surface area contributed by atoms with Gasteiger partial charge in [-0.15, -0.1) is 12.4 Å². The summed E-state index contributed by atoms with van der Waals surface area (Å²) in [6.45, 7) is 4.02. The Morgan fingerprint density at radius 1 is 1.17 bits per heavy atom. The van der Waals surface area contributed by atoms with Crippen molar-refractivity contribution in [3.63, 3.8) is 0 Å². The lowest BCUT2D eigenvalue weighted by atomic mass is 10.0. The monoisotopic (exact) mass is 368 g/mol. The molecule has 2 unspecified atom stereocenters. The van der Waals surface area contributed by atoms with Gasteiger partial charge in [-0.3, -0.25) is 4.79 Å². The molecule has 2 aromatic rings. The summed E-state index contributed by atoms with van der Waals surface area (Å²) < 4.78 is 5.70. The molecule has 24 heavy (non-hydrogen) atoms. The van der Waals surface area contributed by atoms with Crippen molar-refractivity contribution in [1.82, 2.24) is 0 Å². The molecule has 0 saturated heterocycles. The fourth-order valence-electron chi connectivity index (χ4n) is 1.91. The normalized spacial score (nSPS) is 12.7. The van der Waals surface area contributed by atoms with E-state index in [4.69, 9.17) is 22.1 Å². The average Bonchev–Trinajstić information content (AvgIpc) is 2.54. The van der Waals surface area contributed by atoms with Crippen LogP contribution in [0, 0.1) is 5.92 Å². The van der Waals surface area contributed by atoms with Crippen LogP contribution in [0.1, 0.15) is 19.4 Å². The van der Waals surface area contributed by atoms with E-state index in [2.05, 4.69) is 5.32 Å². The van der Waals surface area contributed by atoms with Crippen LogP contribution in [0.2, 0.25) is 5.02 Å². The summed E-state index contributed by atoms with van der Waals surface area (Å²) >= 11 is 6.09. The number of benzene rings is 2. The molecule has 3 N–H and O–H groups in total. The Kier molecular flexibility index (Phi) is 8.05. The van der Waals surface area contributed by atoms with E-state index in [0.717, 1.165) is 5.56 Å². The maximum absolute atomic E-state index is 11.9. The number of ether oxygens (including phenoxy) is 1.